The van der Waals surface area contributed by atoms with Crippen molar-refractivity contribution >= 4 is 52.2 Å². The summed E-state index contributed by atoms with van der Waals surface area (Å²) < 4.78 is 16.8. The van der Waals surface area contributed by atoms with E-state index in [4.69, 9.17) is 13.9 Å². The molecule has 3 rings (SSSR count). The highest BCUT2D eigenvalue weighted by molar-refractivity contribution is 14.1. The number of hydrazone groups is 1. The predicted octanol–water partition coefficient (Wildman–Crippen LogP) is 2.99. The first-order chi connectivity index (χ1) is 16.9. The van der Waals surface area contributed by atoms with Crippen LogP contribution >= 0.6 is 22.6 Å². The maximum absolute atomic E-state index is 12.3. The number of hydrogen-bond acceptors (Lipinski definition) is 7. The molecule has 182 valence electrons. The van der Waals surface area contributed by atoms with Crippen molar-refractivity contribution < 1.29 is 28.3 Å². The Hall–Kier alpha value is -3.87. The lowest BCUT2D eigenvalue weighted by Crippen LogP contribution is -2.37. The summed E-state index contributed by atoms with van der Waals surface area (Å²) in [4.78, 5) is 36.0. The summed E-state index contributed by atoms with van der Waals surface area (Å²) in [5.74, 6) is -0.786. The van der Waals surface area contributed by atoms with Crippen molar-refractivity contribution in [2.45, 2.75) is 13.5 Å². The Morgan fingerprint density at radius 3 is 2.63 bits per heavy atom. The number of ether oxygens (including phenoxy) is 2. The molecule has 11 heteroatoms. The fourth-order valence-corrected chi connectivity index (χ4v) is 3.65. The van der Waals surface area contributed by atoms with Crippen molar-refractivity contribution in [1.29, 1.82) is 0 Å². The van der Waals surface area contributed by atoms with Crippen LogP contribution in [0.15, 0.2) is 64.3 Å². The quantitative estimate of drug-likeness (QED) is 0.152. The van der Waals surface area contributed by atoms with E-state index >= 15 is 0 Å². The molecule has 1 aromatic heterocycles. The van der Waals surface area contributed by atoms with Gasteiger partial charge in [-0.25, -0.2) is 5.43 Å². The van der Waals surface area contributed by atoms with Crippen molar-refractivity contribution in [3.05, 3.63) is 75.3 Å². The number of aryl methyl sites for hydroxylation is 1. The van der Waals surface area contributed by atoms with Crippen molar-refractivity contribution in [1.82, 2.24) is 10.7 Å². The van der Waals surface area contributed by atoms with Gasteiger partial charge in [0.15, 0.2) is 18.1 Å². The van der Waals surface area contributed by atoms with Gasteiger partial charge in [0.25, 0.3) is 5.91 Å². The normalized spacial score (nSPS) is 10.6. The van der Waals surface area contributed by atoms with Gasteiger partial charge in [0, 0.05) is 5.69 Å². The van der Waals surface area contributed by atoms with Gasteiger partial charge in [-0.15, -0.1) is 0 Å². The van der Waals surface area contributed by atoms with Gasteiger partial charge in [-0.2, -0.15) is 5.10 Å². The summed E-state index contributed by atoms with van der Waals surface area (Å²) in [5.41, 5.74) is 4.40. The molecule has 3 N–H and O–H groups in total. The Bertz CT molecular complexity index is 1230. The highest BCUT2D eigenvalue weighted by Gasteiger charge is 2.15. The van der Waals surface area contributed by atoms with E-state index in [0.717, 1.165) is 5.56 Å². The van der Waals surface area contributed by atoms with Gasteiger partial charge >= 0.3 is 11.8 Å². The van der Waals surface area contributed by atoms with E-state index in [-0.39, 0.29) is 19.1 Å². The van der Waals surface area contributed by atoms with Crippen LogP contribution in [0.3, 0.4) is 0 Å². The third-order valence-electron chi connectivity index (χ3n) is 4.61. The van der Waals surface area contributed by atoms with Crippen molar-refractivity contribution in [2.75, 3.05) is 19.0 Å². The molecule has 3 aromatic rings. The monoisotopic (exact) mass is 590 g/mol. The summed E-state index contributed by atoms with van der Waals surface area (Å²) in [6.07, 6.45) is 2.83. The second kappa shape index (κ2) is 12.6. The Kier molecular flexibility index (Phi) is 9.23. The molecule has 0 saturated heterocycles. The van der Waals surface area contributed by atoms with Crippen LogP contribution in [-0.2, 0) is 20.9 Å². The molecule has 0 atom stereocenters. The van der Waals surface area contributed by atoms with E-state index in [9.17, 15) is 14.4 Å². The number of anilines is 1. The summed E-state index contributed by atoms with van der Waals surface area (Å²) in [7, 11) is 1.47. The van der Waals surface area contributed by atoms with E-state index in [0.29, 0.717) is 32.1 Å². The maximum atomic E-state index is 12.3. The number of amides is 3. The molecule has 0 saturated carbocycles. The molecule has 0 bridgehead atoms. The van der Waals surface area contributed by atoms with Gasteiger partial charge in [0.05, 0.1) is 29.7 Å². The van der Waals surface area contributed by atoms with Crippen LogP contribution in [0.4, 0.5) is 5.69 Å². The first-order valence-electron chi connectivity index (χ1n) is 10.4. The zero-order valence-electron chi connectivity index (χ0n) is 19.0. The summed E-state index contributed by atoms with van der Waals surface area (Å²) >= 11 is 2.04. The molecule has 2 aromatic carbocycles. The number of rotatable bonds is 9. The zero-order valence-corrected chi connectivity index (χ0v) is 21.1. The third-order valence-corrected chi connectivity index (χ3v) is 5.41. The number of furan rings is 1. The smallest absolute Gasteiger partial charge is 0.329 e. The highest BCUT2D eigenvalue weighted by atomic mass is 127. The molecule has 1 heterocycles. The molecular weight excluding hydrogens is 567 g/mol. The van der Waals surface area contributed by atoms with Crippen LogP contribution in [-0.4, -0.2) is 37.7 Å². The van der Waals surface area contributed by atoms with Crippen LogP contribution in [0.5, 0.6) is 11.5 Å². The van der Waals surface area contributed by atoms with E-state index in [1.54, 1.807) is 24.3 Å². The molecule has 0 unspecified atom stereocenters. The lowest BCUT2D eigenvalue weighted by molar-refractivity contribution is -0.139. The Balaban J connectivity index is 1.55. The molecule has 0 radical (unpaired) electrons. The number of halogens is 1. The lowest BCUT2D eigenvalue weighted by atomic mass is 10.2. The van der Waals surface area contributed by atoms with Gasteiger partial charge in [0.2, 0.25) is 0 Å². The number of nitrogens with one attached hydrogen (secondary N) is 3. The van der Waals surface area contributed by atoms with Gasteiger partial charge in [-0.05, 0) is 71.0 Å². The van der Waals surface area contributed by atoms with Crippen molar-refractivity contribution in [3.8, 4) is 11.5 Å². The van der Waals surface area contributed by atoms with Crippen LogP contribution in [0.2, 0.25) is 0 Å². The molecule has 0 fully saturated rings. The minimum atomic E-state index is -0.922. The molecule has 0 aliphatic rings. The molecule has 10 nitrogen and oxygen atoms in total. The second-order valence-corrected chi connectivity index (χ2v) is 8.31. The number of hydrogen-bond donors (Lipinski definition) is 3. The first-order valence-corrected chi connectivity index (χ1v) is 11.4. The Morgan fingerprint density at radius 2 is 1.91 bits per heavy atom. The van der Waals surface area contributed by atoms with Crippen LogP contribution in [0.25, 0.3) is 0 Å². The number of benzene rings is 2. The van der Waals surface area contributed by atoms with Gasteiger partial charge in [0.1, 0.15) is 5.76 Å². The summed E-state index contributed by atoms with van der Waals surface area (Å²) in [6.45, 7) is 1.78. The van der Waals surface area contributed by atoms with Crippen molar-refractivity contribution in [2.24, 2.45) is 5.10 Å². The number of carbonyl (C=O) groups is 3. The highest BCUT2D eigenvalue weighted by Crippen LogP contribution is 2.33. The molecule has 0 aliphatic heterocycles. The second-order valence-electron chi connectivity index (χ2n) is 7.15. The predicted molar refractivity (Wildman–Crippen MR) is 137 cm³/mol. The van der Waals surface area contributed by atoms with E-state index in [1.807, 2.05) is 53.8 Å². The van der Waals surface area contributed by atoms with Gasteiger partial charge in [-0.3, -0.25) is 14.4 Å². The molecule has 3 amide bonds. The minimum Gasteiger partial charge on any atom is -0.493 e. The summed E-state index contributed by atoms with van der Waals surface area (Å²) in [6, 6.07) is 14.2. The van der Waals surface area contributed by atoms with Crippen LogP contribution < -0.4 is 25.5 Å². The number of nitrogens with zero attached hydrogens (tertiary/aromatic N) is 1. The van der Waals surface area contributed by atoms with Crippen LogP contribution in [0, 0.1) is 10.5 Å². The first kappa shape index (κ1) is 25.7. The average molecular weight is 590 g/mol. The fourth-order valence-electron chi connectivity index (χ4n) is 2.87. The topological polar surface area (TPSA) is 131 Å². The Labute approximate surface area is 215 Å². The molecular formula is C24H23IN4O6. The van der Waals surface area contributed by atoms with Crippen LogP contribution in [0.1, 0.15) is 16.9 Å². The van der Waals surface area contributed by atoms with E-state index < -0.39 is 11.8 Å². The maximum Gasteiger partial charge on any atom is 0.329 e. The van der Waals surface area contributed by atoms with E-state index in [1.165, 1.54) is 19.6 Å². The largest absolute Gasteiger partial charge is 0.493 e. The molecule has 35 heavy (non-hydrogen) atoms. The number of methoxy groups -OCH3 is 1. The van der Waals surface area contributed by atoms with Gasteiger partial charge in [-0.1, -0.05) is 18.2 Å². The zero-order chi connectivity index (χ0) is 25.2. The molecule has 0 aliphatic carbocycles. The fraction of sp³-hybridized carbons (Fsp3) is 0.167. The number of para-hydroxylation sites is 1. The average Bonchev–Trinajstić information content (AvgIpc) is 3.36. The SMILES string of the molecule is COc1cc(/C=N\NC(=O)C(=O)NCc2ccco2)cc(I)c1OCC(=O)Nc1ccccc1C. The van der Waals surface area contributed by atoms with E-state index in [2.05, 4.69) is 21.2 Å². The Morgan fingerprint density at radius 1 is 1.11 bits per heavy atom. The standard InChI is InChI=1S/C24H23IN4O6/c1-15-6-3-4-8-19(15)28-21(30)14-35-22-18(25)10-16(11-20(22)33-2)12-27-29-24(32)23(31)26-13-17-7-5-9-34-17/h3-12H,13-14H2,1-2H3,(H,26,31)(H,28,30)(H,29,32)/b27-12-. The summed E-state index contributed by atoms with van der Waals surface area (Å²) in [5, 5.41) is 9.04. The number of carbonyl (C=O) groups excluding carboxylic acids is 3. The molecule has 0 spiro atoms. The van der Waals surface area contributed by atoms with Crippen molar-refractivity contribution in [3.63, 3.8) is 0 Å². The lowest BCUT2D eigenvalue weighted by Gasteiger charge is -2.14. The van der Waals surface area contributed by atoms with Gasteiger partial charge < -0.3 is 24.5 Å². The third kappa shape index (κ3) is 7.57. The minimum absolute atomic E-state index is 0.0861.